The summed E-state index contributed by atoms with van der Waals surface area (Å²) in [6, 6.07) is 6.38. The number of benzene rings is 1. The molecule has 1 heteroatoms. The van der Waals surface area contributed by atoms with Gasteiger partial charge >= 0.3 is 0 Å². The molecule has 1 N–H and O–H groups in total. The van der Waals surface area contributed by atoms with Gasteiger partial charge in [0.05, 0.1) is 0 Å². The van der Waals surface area contributed by atoms with Gasteiger partial charge < -0.3 is 5.32 Å². The third-order valence-electron chi connectivity index (χ3n) is 4.85. The lowest BCUT2D eigenvalue weighted by Crippen LogP contribution is -2.07. The van der Waals surface area contributed by atoms with Gasteiger partial charge in [0.25, 0.3) is 0 Å². The van der Waals surface area contributed by atoms with Crippen LogP contribution in [0.5, 0.6) is 0 Å². The van der Waals surface area contributed by atoms with Gasteiger partial charge in [-0.2, -0.15) is 0 Å². The monoisotopic (exact) mass is 421 g/mol. The normalized spacial score (nSPS) is 9.87. The molecule has 1 aromatic rings. The summed E-state index contributed by atoms with van der Waals surface area (Å²) in [6.07, 6.45) is 9.64. The van der Waals surface area contributed by atoms with Crippen LogP contribution in [0.25, 0.3) is 0 Å². The van der Waals surface area contributed by atoms with E-state index in [-0.39, 0.29) is 0 Å². The molecule has 0 fully saturated rings. The maximum atomic E-state index is 3.68. The molecule has 180 valence electrons. The predicted molar refractivity (Wildman–Crippen MR) is 145 cm³/mol. The number of hydrogen-bond acceptors (Lipinski definition) is 1. The van der Waals surface area contributed by atoms with Crippen LogP contribution in [0, 0.1) is 26.7 Å². The minimum absolute atomic E-state index is 0.931. The summed E-state index contributed by atoms with van der Waals surface area (Å²) in [7, 11) is 1.91. The number of hydrogen-bond donors (Lipinski definition) is 1. The molecule has 0 aliphatic carbocycles. The minimum Gasteiger partial charge on any atom is -0.316 e. The van der Waals surface area contributed by atoms with Crippen molar-refractivity contribution < 1.29 is 0 Å². The van der Waals surface area contributed by atoms with Crippen molar-refractivity contribution in [2.45, 2.75) is 121 Å². The summed E-state index contributed by atoms with van der Waals surface area (Å²) >= 11 is 0. The summed E-state index contributed by atoms with van der Waals surface area (Å²) in [5.74, 6) is 0.955. The summed E-state index contributed by atoms with van der Waals surface area (Å²) in [5, 5.41) is 2.97. The Labute approximate surface area is 193 Å². The van der Waals surface area contributed by atoms with Gasteiger partial charge in [-0.1, -0.05) is 124 Å². The molecule has 0 saturated heterocycles. The van der Waals surface area contributed by atoms with E-state index in [1.165, 1.54) is 67.2 Å². The topological polar surface area (TPSA) is 12.0 Å². The number of aryl methyl sites for hydroxylation is 2. The highest BCUT2D eigenvalue weighted by atomic mass is 14.8. The molecule has 1 unspecified atom stereocenters. The Kier molecular flexibility index (Phi) is 36.4. The fourth-order valence-electron chi connectivity index (χ4n) is 2.15. The van der Waals surface area contributed by atoms with Crippen LogP contribution in [-0.4, -0.2) is 13.6 Å². The molecule has 1 atom stereocenters. The van der Waals surface area contributed by atoms with Gasteiger partial charge in [0.1, 0.15) is 0 Å². The maximum absolute atomic E-state index is 3.68. The van der Waals surface area contributed by atoms with Crippen molar-refractivity contribution in [1.82, 2.24) is 5.32 Å². The van der Waals surface area contributed by atoms with Crippen molar-refractivity contribution in [3.63, 3.8) is 0 Å². The van der Waals surface area contributed by atoms with E-state index < -0.39 is 0 Å². The molecule has 1 nitrogen and oxygen atoms in total. The summed E-state index contributed by atoms with van der Waals surface area (Å²) in [5.41, 5.74) is 5.36. The van der Waals surface area contributed by atoms with Crippen LogP contribution in [0.2, 0.25) is 0 Å². The van der Waals surface area contributed by atoms with Crippen molar-refractivity contribution in [3.8, 4) is 0 Å². The van der Waals surface area contributed by atoms with E-state index in [9.17, 15) is 0 Å². The van der Waals surface area contributed by atoms with Crippen LogP contribution in [-0.2, 0) is 0 Å². The smallest absolute Gasteiger partial charge is 0.0156 e. The highest BCUT2D eigenvalue weighted by molar-refractivity contribution is 5.31. The molecule has 0 aliphatic rings. The SMILES string of the molecule is C=C(C)CNC.CC.CCCC.CCCCCC(C)CC.Cc1cccc(C)c1C. The molecule has 0 aromatic heterocycles. The van der Waals surface area contributed by atoms with Crippen LogP contribution >= 0.6 is 0 Å². The van der Waals surface area contributed by atoms with E-state index >= 15 is 0 Å². The van der Waals surface area contributed by atoms with Gasteiger partial charge in [0, 0.05) is 6.54 Å². The highest BCUT2D eigenvalue weighted by Gasteiger charge is 1.95. The molecule has 0 aliphatic heterocycles. The Morgan fingerprint density at radius 2 is 1.37 bits per heavy atom. The van der Waals surface area contributed by atoms with Crippen molar-refractivity contribution in [2.24, 2.45) is 5.92 Å². The lowest BCUT2D eigenvalue weighted by atomic mass is 10.0. The molecule has 0 amide bonds. The van der Waals surface area contributed by atoms with Crippen molar-refractivity contribution in [1.29, 1.82) is 0 Å². The van der Waals surface area contributed by atoms with Crippen LogP contribution in [0.4, 0.5) is 0 Å². The van der Waals surface area contributed by atoms with Gasteiger partial charge in [-0.15, -0.1) is 0 Å². The molecule has 1 rings (SSSR count). The first kappa shape index (κ1) is 36.3. The minimum atomic E-state index is 0.931. The van der Waals surface area contributed by atoms with Gasteiger partial charge in [-0.05, 0) is 57.4 Å². The maximum Gasteiger partial charge on any atom is 0.0156 e. The summed E-state index contributed by atoms with van der Waals surface area (Å²) in [6.45, 7) is 28.3. The van der Waals surface area contributed by atoms with Crippen LogP contribution in [0.15, 0.2) is 30.4 Å². The molecule has 0 bridgehead atoms. The first-order chi connectivity index (χ1) is 14.2. The van der Waals surface area contributed by atoms with Crippen molar-refractivity contribution in [2.75, 3.05) is 13.6 Å². The molecule has 0 saturated carbocycles. The quantitative estimate of drug-likeness (QED) is 0.325. The highest BCUT2D eigenvalue weighted by Crippen LogP contribution is 2.11. The predicted octanol–water partition coefficient (Wildman–Crippen LogP) is 9.84. The van der Waals surface area contributed by atoms with E-state index in [2.05, 4.69) is 85.5 Å². The van der Waals surface area contributed by atoms with E-state index in [1.54, 1.807) is 0 Å². The van der Waals surface area contributed by atoms with E-state index in [1.807, 2.05) is 27.8 Å². The second kappa shape index (κ2) is 30.1. The molecule has 1 aromatic carbocycles. The third kappa shape index (κ3) is 31.6. The second-order valence-electron chi connectivity index (χ2n) is 8.01. The molecular weight excluding hydrogens is 362 g/mol. The van der Waals surface area contributed by atoms with Crippen molar-refractivity contribution in [3.05, 3.63) is 47.0 Å². The van der Waals surface area contributed by atoms with E-state index in [0.717, 1.165) is 12.5 Å². The van der Waals surface area contributed by atoms with Crippen LogP contribution < -0.4 is 5.32 Å². The van der Waals surface area contributed by atoms with Crippen LogP contribution in [0.1, 0.15) is 117 Å². The van der Waals surface area contributed by atoms with Gasteiger partial charge in [-0.3, -0.25) is 0 Å². The van der Waals surface area contributed by atoms with Gasteiger partial charge in [0.15, 0.2) is 0 Å². The standard InChI is InChI=1S/C9H12.C9H20.C5H11N.C4H10.C2H6/c1-7-5-4-6-8(2)9(7)3;1-4-6-7-8-9(3)5-2;1-5(2)4-6-3;1-3-4-2;1-2/h4-6H,1-3H3;9H,4-8H2,1-3H3;6H,1,4H2,2-3H3;3-4H2,1-2H3;1-2H3. The van der Waals surface area contributed by atoms with E-state index in [4.69, 9.17) is 0 Å². The number of unbranched alkanes of at least 4 members (excludes halogenated alkanes) is 3. The first-order valence-corrected chi connectivity index (χ1v) is 12.5. The summed E-state index contributed by atoms with van der Waals surface area (Å²) in [4.78, 5) is 0. The van der Waals surface area contributed by atoms with Crippen LogP contribution in [0.3, 0.4) is 0 Å². The number of nitrogens with one attached hydrogen (secondary N) is 1. The zero-order valence-corrected chi connectivity index (χ0v) is 23.2. The summed E-state index contributed by atoms with van der Waals surface area (Å²) < 4.78 is 0. The first-order valence-electron chi connectivity index (χ1n) is 12.5. The Balaban J connectivity index is -0.000000152. The number of rotatable bonds is 8. The van der Waals surface area contributed by atoms with E-state index in [0.29, 0.717) is 0 Å². The Morgan fingerprint density at radius 3 is 1.60 bits per heavy atom. The largest absolute Gasteiger partial charge is 0.316 e. The fraction of sp³-hybridized carbons (Fsp3) is 0.724. The second-order valence-corrected chi connectivity index (χ2v) is 8.01. The lowest BCUT2D eigenvalue weighted by Gasteiger charge is -2.05. The van der Waals surface area contributed by atoms with Crippen molar-refractivity contribution >= 4 is 0 Å². The average Bonchev–Trinajstić information content (AvgIpc) is 2.74. The molecular formula is C29H59N. The Hall–Kier alpha value is -1.08. The molecule has 0 spiro atoms. The lowest BCUT2D eigenvalue weighted by molar-refractivity contribution is 0.482. The average molecular weight is 422 g/mol. The molecule has 0 heterocycles. The number of likely N-dealkylation sites (N-methyl/N-ethyl adjacent to an activating group) is 1. The van der Waals surface area contributed by atoms with Gasteiger partial charge in [-0.25, -0.2) is 0 Å². The Morgan fingerprint density at radius 1 is 0.900 bits per heavy atom. The molecule has 0 radical (unpaired) electrons. The fourth-order valence-corrected chi connectivity index (χ4v) is 2.15. The third-order valence-corrected chi connectivity index (χ3v) is 4.85. The van der Waals surface area contributed by atoms with Gasteiger partial charge in [0.2, 0.25) is 0 Å². The zero-order valence-electron chi connectivity index (χ0n) is 23.2. The molecule has 30 heavy (non-hydrogen) atoms. The Bertz CT molecular complexity index is 425. The zero-order chi connectivity index (χ0) is 24.4.